The zero-order chi connectivity index (χ0) is 20.1. The van der Waals surface area contributed by atoms with Crippen LogP contribution in [0.3, 0.4) is 0 Å². The molecule has 2 amide bonds. The van der Waals surface area contributed by atoms with Gasteiger partial charge in [-0.3, -0.25) is 14.4 Å². The molecular formula is C22H24N2O4. The fourth-order valence-electron chi connectivity index (χ4n) is 3.24. The smallest absolute Gasteiger partial charge is 0.311 e. The third-order valence-corrected chi connectivity index (χ3v) is 4.86. The number of aryl methyl sites for hydroxylation is 2. The molecule has 1 aliphatic heterocycles. The van der Waals surface area contributed by atoms with Crippen LogP contribution < -0.4 is 10.2 Å². The van der Waals surface area contributed by atoms with Crippen molar-refractivity contribution in [1.29, 1.82) is 0 Å². The molecular weight excluding hydrogens is 356 g/mol. The van der Waals surface area contributed by atoms with Gasteiger partial charge in [-0.1, -0.05) is 37.3 Å². The highest BCUT2D eigenvalue weighted by atomic mass is 16.5. The fraction of sp³-hybridized carbons (Fsp3) is 0.318. The van der Waals surface area contributed by atoms with Gasteiger partial charge in [0.05, 0.1) is 5.92 Å². The molecule has 0 radical (unpaired) electrons. The SMILES string of the molecule is CCc1ccc(NC(=O)COC(=O)[C@H]2CC(=O)N(c3ccccc3C)C2)cc1. The molecule has 1 N–H and O–H groups in total. The number of rotatable bonds is 6. The zero-order valence-electron chi connectivity index (χ0n) is 16.1. The van der Waals surface area contributed by atoms with E-state index in [1.807, 2.05) is 55.5 Å². The normalized spacial score (nSPS) is 16.1. The lowest BCUT2D eigenvalue weighted by molar-refractivity contribution is -0.151. The lowest BCUT2D eigenvalue weighted by Gasteiger charge is -2.18. The van der Waals surface area contributed by atoms with Gasteiger partial charge < -0.3 is 15.0 Å². The van der Waals surface area contributed by atoms with Gasteiger partial charge in [0, 0.05) is 24.3 Å². The van der Waals surface area contributed by atoms with Crippen LogP contribution in [-0.4, -0.2) is 30.9 Å². The third-order valence-electron chi connectivity index (χ3n) is 4.86. The van der Waals surface area contributed by atoms with Crippen molar-refractivity contribution in [2.75, 3.05) is 23.4 Å². The Morgan fingerprint density at radius 3 is 2.54 bits per heavy atom. The number of anilines is 2. The van der Waals surface area contributed by atoms with Gasteiger partial charge in [0.1, 0.15) is 0 Å². The quantitative estimate of drug-likeness (QED) is 0.782. The summed E-state index contributed by atoms with van der Waals surface area (Å²) in [5, 5.41) is 2.70. The number of amides is 2. The minimum Gasteiger partial charge on any atom is -0.455 e. The average molecular weight is 380 g/mol. The molecule has 1 atom stereocenters. The number of hydrogen-bond acceptors (Lipinski definition) is 4. The van der Waals surface area contributed by atoms with Gasteiger partial charge in [0.25, 0.3) is 5.91 Å². The monoisotopic (exact) mass is 380 g/mol. The summed E-state index contributed by atoms with van der Waals surface area (Å²) in [7, 11) is 0. The van der Waals surface area contributed by atoms with Crippen LogP contribution in [-0.2, 0) is 25.5 Å². The van der Waals surface area contributed by atoms with Gasteiger partial charge >= 0.3 is 5.97 Å². The van der Waals surface area contributed by atoms with Crippen LogP contribution in [0.15, 0.2) is 48.5 Å². The summed E-state index contributed by atoms with van der Waals surface area (Å²) in [4.78, 5) is 38.2. The summed E-state index contributed by atoms with van der Waals surface area (Å²) >= 11 is 0. The molecule has 1 aliphatic rings. The molecule has 0 unspecified atom stereocenters. The van der Waals surface area contributed by atoms with Crippen LogP contribution in [0.4, 0.5) is 11.4 Å². The van der Waals surface area contributed by atoms with Crippen LogP contribution >= 0.6 is 0 Å². The molecule has 2 aromatic rings. The van der Waals surface area contributed by atoms with Gasteiger partial charge in [-0.25, -0.2) is 0 Å². The molecule has 2 aromatic carbocycles. The minimum absolute atomic E-state index is 0.0905. The number of esters is 1. The summed E-state index contributed by atoms with van der Waals surface area (Å²) in [6, 6.07) is 15.0. The molecule has 1 heterocycles. The highest BCUT2D eigenvalue weighted by Crippen LogP contribution is 2.28. The summed E-state index contributed by atoms with van der Waals surface area (Å²) in [6.45, 7) is 3.87. The predicted octanol–water partition coefficient (Wildman–Crippen LogP) is 3.09. The van der Waals surface area contributed by atoms with Crippen molar-refractivity contribution in [3.8, 4) is 0 Å². The Labute approximate surface area is 164 Å². The molecule has 1 saturated heterocycles. The van der Waals surface area contributed by atoms with Crippen molar-refractivity contribution < 1.29 is 19.1 Å². The van der Waals surface area contributed by atoms with Crippen molar-refractivity contribution in [2.45, 2.75) is 26.7 Å². The first-order chi connectivity index (χ1) is 13.5. The van der Waals surface area contributed by atoms with Crippen molar-refractivity contribution in [3.05, 3.63) is 59.7 Å². The van der Waals surface area contributed by atoms with Crippen LogP contribution in [0.1, 0.15) is 24.5 Å². The van der Waals surface area contributed by atoms with Crippen molar-refractivity contribution in [2.24, 2.45) is 5.92 Å². The van der Waals surface area contributed by atoms with Gasteiger partial charge in [-0.2, -0.15) is 0 Å². The first-order valence-electron chi connectivity index (χ1n) is 9.39. The van der Waals surface area contributed by atoms with Crippen molar-refractivity contribution >= 4 is 29.2 Å². The van der Waals surface area contributed by atoms with E-state index in [0.29, 0.717) is 5.69 Å². The van der Waals surface area contributed by atoms with Gasteiger partial charge in [-0.05, 0) is 42.7 Å². The van der Waals surface area contributed by atoms with E-state index in [0.717, 1.165) is 17.7 Å². The van der Waals surface area contributed by atoms with E-state index in [1.54, 1.807) is 4.90 Å². The number of carbonyl (C=O) groups excluding carboxylic acids is 3. The van der Waals surface area contributed by atoms with Gasteiger partial charge in [-0.15, -0.1) is 0 Å². The summed E-state index contributed by atoms with van der Waals surface area (Å²) in [5.41, 5.74) is 3.60. The summed E-state index contributed by atoms with van der Waals surface area (Å²) < 4.78 is 5.14. The maximum absolute atomic E-state index is 12.3. The molecule has 146 valence electrons. The molecule has 3 rings (SSSR count). The number of nitrogens with one attached hydrogen (secondary N) is 1. The number of hydrogen-bond donors (Lipinski definition) is 1. The largest absolute Gasteiger partial charge is 0.455 e. The topological polar surface area (TPSA) is 75.7 Å². The van der Waals surface area contributed by atoms with Crippen LogP contribution in [0, 0.1) is 12.8 Å². The maximum Gasteiger partial charge on any atom is 0.311 e. The number of ether oxygens (including phenoxy) is 1. The molecule has 0 spiro atoms. The Kier molecular flexibility index (Phi) is 6.09. The first kappa shape index (κ1) is 19.6. The summed E-state index contributed by atoms with van der Waals surface area (Å²) in [6.07, 6.45) is 1.01. The van der Waals surface area contributed by atoms with E-state index < -0.39 is 17.8 Å². The first-order valence-corrected chi connectivity index (χ1v) is 9.39. The zero-order valence-corrected chi connectivity index (χ0v) is 16.1. The second-order valence-electron chi connectivity index (χ2n) is 6.90. The number of carbonyl (C=O) groups is 3. The molecule has 0 saturated carbocycles. The standard InChI is InChI=1S/C22H24N2O4/c1-3-16-8-10-18(11-9-16)23-20(25)14-28-22(27)17-12-21(26)24(13-17)19-7-5-4-6-15(19)2/h4-11,17H,3,12-14H2,1-2H3,(H,23,25)/t17-/m0/s1. The van der Waals surface area contributed by atoms with Crippen LogP contribution in [0.2, 0.25) is 0 Å². The van der Waals surface area contributed by atoms with Crippen LogP contribution in [0.5, 0.6) is 0 Å². The number of para-hydroxylation sites is 1. The molecule has 1 fully saturated rings. The molecule has 0 bridgehead atoms. The molecule has 28 heavy (non-hydrogen) atoms. The molecule has 0 aromatic heterocycles. The lowest BCUT2D eigenvalue weighted by Crippen LogP contribution is -2.28. The average Bonchev–Trinajstić information content (AvgIpc) is 3.08. The molecule has 6 heteroatoms. The lowest BCUT2D eigenvalue weighted by atomic mass is 10.1. The van der Waals surface area contributed by atoms with Gasteiger partial charge in [0.2, 0.25) is 5.91 Å². The van der Waals surface area contributed by atoms with E-state index in [4.69, 9.17) is 4.74 Å². The van der Waals surface area contributed by atoms with E-state index in [1.165, 1.54) is 5.56 Å². The van der Waals surface area contributed by atoms with Crippen LogP contribution in [0.25, 0.3) is 0 Å². The van der Waals surface area contributed by atoms with E-state index in [2.05, 4.69) is 12.2 Å². The van der Waals surface area contributed by atoms with E-state index in [-0.39, 0.29) is 25.5 Å². The Hall–Kier alpha value is -3.15. The highest BCUT2D eigenvalue weighted by Gasteiger charge is 2.36. The predicted molar refractivity (Wildman–Crippen MR) is 107 cm³/mol. The Bertz CT molecular complexity index is 876. The van der Waals surface area contributed by atoms with Crippen molar-refractivity contribution in [1.82, 2.24) is 0 Å². The number of benzene rings is 2. The Morgan fingerprint density at radius 1 is 1.14 bits per heavy atom. The van der Waals surface area contributed by atoms with Gasteiger partial charge in [0.15, 0.2) is 6.61 Å². The third kappa shape index (κ3) is 4.57. The Morgan fingerprint density at radius 2 is 1.86 bits per heavy atom. The highest BCUT2D eigenvalue weighted by molar-refractivity contribution is 6.00. The fourth-order valence-corrected chi connectivity index (χ4v) is 3.24. The number of nitrogens with zero attached hydrogens (tertiary/aromatic N) is 1. The van der Waals surface area contributed by atoms with Crippen molar-refractivity contribution in [3.63, 3.8) is 0 Å². The second kappa shape index (κ2) is 8.69. The summed E-state index contributed by atoms with van der Waals surface area (Å²) in [5.74, 6) is -1.61. The minimum atomic E-state index is -0.566. The van der Waals surface area contributed by atoms with E-state index in [9.17, 15) is 14.4 Å². The molecule has 6 nitrogen and oxygen atoms in total. The van der Waals surface area contributed by atoms with E-state index >= 15 is 0 Å². The maximum atomic E-state index is 12.3. The Balaban J connectivity index is 1.51. The second-order valence-corrected chi connectivity index (χ2v) is 6.90. The molecule has 0 aliphatic carbocycles.